The number of hydrogen-bond donors (Lipinski definition) is 0. The third-order valence-corrected chi connectivity index (χ3v) is 5.08. The van der Waals surface area contributed by atoms with Crippen LogP contribution < -0.4 is 0 Å². The van der Waals surface area contributed by atoms with Gasteiger partial charge in [-0.3, -0.25) is 9.69 Å². The molecule has 0 aromatic carbocycles. The summed E-state index contributed by atoms with van der Waals surface area (Å²) in [5, 5.41) is 3.87. The molecular weight excluding hydrogens is 333 g/mol. The molecule has 0 saturated carbocycles. The van der Waals surface area contributed by atoms with Crippen molar-refractivity contribution in [2.24, 2.45) is 0 Å². The molecule has 1 aliphatic heterocycles. The molecule has 2 atom stereocenters. The van der Waals surface area contributed by atoms with Crippen LogP contribution in [0.5, 0.6) is 0 Å². The number of likely N-dealkylation sites (N-methyl/N-ethyl adjacent to an activating group) is 1. The van der Waals surface area contributed by atoms with Crippen molar-refractivity contribution in [2.45, 2.75) is 39.0 Å². The molecule has 7 nitrogen and oxygen atoms in total. The maximum absolute atomic E-state index is 13.9. The molecule has 0 radical (unpaired) electrons. The Bertz CT molecular complexity index is 718. The maximum Gasteiger partial charge on any atom is 0.265 e. The maximum atomic E-state index is 13.9. The van der Waals surface area contributed by atoms with Crippen LogP contribution in [0.1, 0.15) is 33.5 Å². The van der Waals surface area contributed by atoms with Gasteiger partial charge in [0.05, 0.1) is 17.7 Å². The second kappa shape index (κ2) is 6.94. The fourth-order valence-electron chi connectivity index (χ4n) is 2.97. The molecule has 3 heterocycles. The first-order valence-electron chi connectivity index (χ1n) is 7.77. The molecule has 0 bridgehead atoms. The van der Waals surface area contributed by atoms with E-state index in [1.165, 1.54) is 11.3 Å². The Morgan fingerprint density at radius 2 is 2.33 bits per heavy atom. The summed E-state index contributed by atoms with van der Waals surface area (Å²) in [7, 11) is 1.74. The van der Waals surface area contributed by atoms with Gasteiger partial charge in [0.15, 0.2) is 5.82 Å². The average Bonchev–Trinajstić information content (AvgIpc) is 3.21. The number of thiazole rings is 1. The van der Waals surface area contributed by atoms with Crippen molar-refractivity contribution < 1.29 is 13.7 Å². The monoisotopic (exact) mass is 353 g/mol. The van der Waals surface area contributed by atoms with E-state index < -0.39 is 6.17 Å². The van der Waals surface area contributed by atoms with Crippen LogP contribution in [0.15, 0.2) is 10.0 Å². The van der Waals surface area contributed by atoms with Crippen molar-refractivity contribution in [1.29, 1.82) is 0 Å². The second-order valence-corrected chi connectivity index (χ2v) is 6.95. The van der Waals surface area contributed by atoms with Gasteiger partial charge in [0.25, 0.3) is 5.91 Å². The van der Waals surface area contributed by atoms with Gasteiger partial charge in [0.1, 0.15) is 11.0 Å². The molecule has 1 amide bonds. The van der Waals surface area contributed by atoms with Crippen LogP contribution in [0.25, 0.3) is 0 Å². The number of carbonyl (C=O) groups excluding carboxylic acids is 1. The molecule has 1 saturated heterocycles. The Hall–Kier alpha value is -1.87. The number of aromatic nitrogens is 3. The Morgan fingerprint density at radius 3 is 2.96 bits per heavy atom. The normalized spacial score (nSPS) is 21.3. The minimum absolute atomic E-state index is 0.0685. The Kier molecular flexibility index (Phi) is 4.91. The molecule has 0 aliphatic carbocycles. The van der Waals surface area contributed by atoms with Crippen molar-refractivity contribution in [3.8, 4) is 0 Å². The topological polar surface area (TPSA) is 75.4 Å². The van der Waals surface area contributed by atoms with E-state index in [4.69, 9.17) is 4.52 Å². The van der Waals surface area contributed by atoms with E-state index in [2.05, 4.69) is 15.1 Å². The number of halogens is 1. The predicted molar refractivity (Wildman–Crippen MR) is 86.6 cm³/mol. The van der Waals surface area contributed by atoms with Crippen molar-refractivity contribution in [3.05, 3.63) is 27.8 Å². The van der Waals surface area contributed by atoms with Gasteiger partial charge in [0, 0.05) is 33.1 Å². The average molecular weight is 353 g/mol. The minimum Gasteiger partial charge on any atom is -0.340 e. The van der Waals surface area contributed by atoms with Gasteiger partial charge in [-0.15, -0.1) is 11.3 Å². The third-order valence-electron chi connectivity index (χ3n) is 4.16. The van der Waals surface area contributed by atoms with E-state index in [-0.39, 0.29) is 11.9 Å². The summed E-state index contributed by atoms with van der Waals surface area (Å²) in [6, 6.07) is -0.0685. The number of carbonyl (C=O) groups is 1. The van der Waals surface area contributed by atoms with Gasteiger partial charge in [-0.25, -0.2) is 9.37 Å². The highest BCUT2D eigenvalue weighted by Gasteiger charge is 2.34. The van der Waals surface area contributed by atoms with Crippen LogP contribution in [-0.2, 0) is 6.54 Å². The summed E-state index contributed by atoms with van der Waals surface area (Å²) in [5.74, 6) is 0.956. The van der Waals surface area contributed by atoms with Crippen LogP contribution >= 0.6 is 11.3 Å². The van der Waals surface area contributed by atoms with Crippen LogP contribution in [0, 0.1) is 13.8 Å². The van der Waals surface area contributed by atoms with Crippen LogP contribution in [0.4, 0.5) is 4.39 Å². The lowest BCUT2D eigenvalue weighted by Gasteiger charge is -2.27. The molecular formula is C15H20FN5O2S. The fraction of sp³-hybridized carbons (Fsp3) is 0.600. The molecule has 1 aliphatic rings. The summed E-state index contributed by atoms with van der Waals surface area (Å²) >= 11 is 1.33. The number of alkyl halides is 1. The Balaban J connectivity index is 1.65. The Morgan fingerprint density at radius 1 is 1.54 bits per heavy atom. The van der Waals surface area contributed by atoms with Crippen molar-refractivity contribution in [1.82, 2.24) is 24.9 Å². The highest BCUT2D eigenvalue weighted by atomic mass is 32.1. The lowest BCUT2D eigenvalue weighted by atomic mass is 10.2. The van der Waals surface area contributed by atoms with Crippen LogP contribution in [0.2, 0.25) is 0 Å². The zero-order valence-corrected chi connectivity index (χ0v) is 14.7. The molecule has 2 aromatic heterocycles. The van der Waals surface area contributed by atoms with Crippen LogP contribution in [-0.4, -0.2) is 63.2 Å². The summed E-state index contributed by atoms with van der Waals surface area (Å²) in [4.78, 5) is 25.0. The van der Waals surface area contributed by atoms with E-state index in [0.717, 1.165) is 5.69 Å². The second-order valence-electron chi connectivity index (χ2n) is 6.10. The molecule has 130 valence electrons. The van der Waals surface area contributed by atoms with Gasteiger partial charge in [-0.2, -0.15) is 4.98 Å². The van der Waals surface area contributed by atoms with E-state index in [1.807, 2.05) is 11.8 Å². The molecule has 3 rings (SSSR count). The van der Waals surface area contributed by atoms with Crippen LogP contribution in [0.3, 0.4) is 0 Å². The number of hydrogen-bond acceptors (Lipinski definition) is 7. The predicted octanol–water partition coefficient (Wildman–Crippen LogP) is 1.83. The number of amides is 1. The summed E-state index contributed by atoms with van der Waals surface area (Å²) in [6.45, 7) is 4.73. The summed E-state index contributed by atoms with van der Waals surface area (Å²) in [5.41, 5.74) is 2.39. The molecule has 9 heteroatoms. The number of likely N-dealkylation sites (tertiary alicyclic amines) is 1. The van der Waals surface area contributed by atoms with Gasteiger partial charge in [-0.05, 0) is 13.3 Å². The van der Waals surface area contributed by atoms with Gasteiger partial charge >= 0.3 is 0 Å². The highest BCUT2D eigenvalue weighted by Crippen LogP contribution is 2.24. The molecule has 24 heavy (non-hydrogen) atoms. The van der Waals surface area contributed by atoms with E-state index >= 15 is 0 Å². The number of nitrogens with zero attached hydrogens (tertiary/aromatic N) is 5. The minimum atomic E-state index is -0.906. The number of rotatable bonds is 5. The van der Waals surface area contributed by atoms with Gasteiger partial charge < -0.3 is 9.42 Å². The lowest BCUT2D eigenvalue weighted by molar-refractivity contribution is 0.0752. The molecule has 0 N–H and O–H groups in total. The first-order valence-corrected chi connectivity index (χ1v) is 8.65. The van der Waals surface area contributed by atoms with Crippen molar-refractivity contribution >= 4 is 17.2 Å². The zero-order chi connectivity index (χ0) is 17.3. The third kappa shape index (κ3) is 3.62. The first kappa shape index (κ1) is 17.0. The lowest BCUT2D eigenvalue weighted by Crippen LogP contribution is -2.41. The van der Waals surface area contributed by atoms with Gasteiger partial charge in [-0.1, -0.05) is 5.16 Å². The first-order chi connectivity index (χ1) is 11.4. The molecule has 0 unspecified atom stereocenters. The standard InChI is InChI=1S/C15H20FN5O2S/c1-9-14(24-8-17-9)15(22)20(3)6-12-4-11(16)5-21(12)7-13-18-10(2)23-19-13/h8,11-12H,4-7H2,1-3H3/t11-,12-/m0/s1. The SMILES string of the molecule is Cc1nc(CN2C[C@@H](F)C[C@H]2CN(C)C(=O)c2scnc2C)no1. The zero-order valence-electron chi connectivity index (χ0n) is 13.9. The summed E-state index contributed by atoms with van der Waals surface area (Å²) < 4.78 is 18.9. The molecule has 1 fully saturated rings. The highest BCUT2D eigenvalue weighted by molar-refractivity contribution is 7.11. The smallest absolute Gasteiger partial charge is 0.265 e. The van der Waals surface area contributed by atoms with Crippen molar-refractivity contribution in [2.75, 3.05) is 20.1 Å². The van der Waals surface area contributed by atoms with Crippen molar-refractivity contribution in [3.63, 3.8) is 0 Å². The van der Waals surface area contributed by atoms with E-state index in [0.29, 0.717) is 42.6 Å². The van der Waals surface area contributed by atoms with Gasteiger partial charge in [0.2, 0.25) is 5.89 Å². The largest absolute Gasteiger partial charge is 0.340 e. The quantitative estimate of drug-likeness (QED) is 0.816. The summed E-state index contributed by atoms with van der Waals surface area (Å²) in [6.07, 6.45) is -0.507. The molecule has 0 spiro atoms. The Labute approximate surface area is 143 Å². The molecule has 2 aromatic rings. The van der Waals surface area contributed by atoms with E-state index in [1.54, 1.807) is 24.4 Å². The van der Waals surface area contributed by atoms with E-state index in [9.17, 15) is 9.18 Å². The fourth-order valence-corrected chi connectivity index (χ4v) is 3.77. The number of aryl methyl sites for hydroxylation is 2.